The van der Waals surface area contributed by atoms with Crippen LogP contribution < -0.4 is 5.73 Å². The fourth-order valence-electron chi connectivity index (χ4n) is 1.80. The third-order valence-electron chi connectivity index (χ3n) is 2.79. The molecule has 1 aliphatic rings. The minimum atomic E-state index is 0.809. The smallest absolute Gasteiger partial charge is 0.0684 e. The van der Waals surface area contributed by atoms with Gasteiger partial charge in [0.1, 0.15) is 0 Å². The lowest BCUT2D eigenvalue weighted by Crippen LogP contribution is -2.00. The summed E-state index contributed by atoms with van der Waals surface area (Å²) in [5.41, 5.74) is 7.72. The number of rotatable bonds is 2. The van der Waals surface area contributed by atoms with Gasteiger partial charge in [0.25, 0.3) is 0 Å². The van der Waals surface area contributed by atoms with Crippen molar-refractivity contribution in [3.63, 3.8) is 0 Å². The van der Waals surface area contributed by atoms with E-state index in [4.69, 9.17) is 5.73 Å². The molecular formula is C11H13N3. The highest BCUT2D eigenvalue weighted by atomic mass is 15.3. The fraction of sp³-hybridized carbons (Fsp3) is 0.364. The van der Waals surface area contributed by atoms with Gasteiger partial charge in [-0.3, -0.25) is 4.68 Å². The standard InChI is InChI=1S/C11H13N3/c12-10-3-4-11-9(5-10)6-13-14(11)7-8-1-2-8/h3-6,8H,1-2,7,12H2. The average Bonchev–Trinajstić information content (AvgIpc) is 2.89. The molecule has 0 spiro atoms. The van der Waals surface area contributed by atoms with Crippen LogP contribution in [0.5, 0.6) is 0 Å². The van der Waals surface area contributed by atoms with Gasteiger partial charge in [-0.25, -0.2) is 0 Å². The third-order valence-corrected chi connectivity index (χ3v) is 2.79. The molecule has 1 aliphatic carbocycles. The minimum absolute atomic E-state index is 0.809. The van der Waals surface area contributed by atoms with Crippen molar-refractivity contribution in [3.8, 4) is 0 Å². The summed E-state index contributed by atoms with van der Waals surface area (Å²) in [5.74, 6) is 0.857. The summed E-state index contributed by atoms with van der Waals surface area (Å²) in [6.45, 7) is 1.06. The van der Waals surface area contributed by atoms with Crippen LogP contribution in [0, 0.1) is 5.92 Å². The first-order chi connectivity index (χ1) is 6.83. The molecule has 3 nitrogen and oxygen atoms in total. The number of anilines is 1. The van der Waals surface area contributed by atoms with Crippen molar-refractivity contribution in [1.82, 2.24) is 9.78 Å². The van der Waals surface area contributed by atoms with Gasteiger partial charge in [0.2, 0.25) is 0 Å². The van der Waals surface area contributed by atoms with Gasteiger partial charge in [0.15, 0.2) is 0 Å². The molecule has 1 aromatic heterocycles. The van der Waals surface area contributed by atoms with E-state index < -0.39 is 0 Å². The monoisotopic (exact) mass is 187 g/mol. The van der Waals surface area contributed by atoms with E-state index in [2.05, 4.69) is 15.8 Å². The highest BCUT2D eigenvalue weighted by molar-refractivity contribution is 5.81. The van der Waals surface area contributed by atoms with Crippen molar-refractivity contribution in [3.05, 3.63) is 24.4 Å². The Labute approximate surface area is 82.5 Å². The molecule has 3 rings (SSSR count). The normalized spacial score (nSPS) is 16.3. The van der Waals surface area contributed by atoms with Crippen LogP contribution in [-0.4, -0.2) is 9.78 Å². The molecule has 0 aliphatic heterocycles. The van der Waals surface area contributed by atoms with Gasteiger partial charge < -0.3 is 5.73 Å². The highest BCUT2D eigenvalue weighted by Gasteiger charge is 2.22. The number of hydrogen-bond donors (Lipinski definition) is 1. The van der Waals surface area contributed by atoms with Crippen molar-refractivity contribution in [1.29, 1.82) is 0 Å². The van der Waals surface area contributed by atoms with Crippen molar-refractivity contribution in [2.75, 3.05) is 5.73 Å². The van der Waals surface area contributed by atoms with Crippen LogP contribution in [0.4, 0.5) is 5.69 Å². The van der Waals surface area contributed by atoms with Crippen molar-refractivity contribution >= 4 is 16.6 Å². The summed E-state index contributed by atoms with van der Waals surface area (Å²) in [4.78, 5) is 0. The van der Waals surface area contributed by atoms with Crippen LogP contribution in [0.25, 0.3) is 10.9 Å². The van der Waals surface area contributed by atoms with E-state index in [1.54, 1.807) is 0 Å². The van der Waals surface area contributed by atoms with E-state index in [0.29, 0.717) is 0 Å². The van der Waals surface area contributed by atoms with Crippen molar-refractivity contribution < 1.29 is 0 Å². The first-order valence-corrected chi connectivity index (χ1v) is 5.04. The number of benzene rings is 1. The predicted octanol–water partition coefficient (Wildman–Crippen LogP) is 2.03. The van der Waals surface area contributed by atoms with Gasteiger partial charge in [-0.05, 0) is 37.0 Å². The van der Waals surface area contributed by atoms with E-state index in [1.807, 2.05) is 18.3 Å². The maximum Gasteiger partial charge on any atom is 0.0684 e. The Morgan fingerprint density at radius 2 is 2.29 bits per heavy atom. The number of nitrogens with zero attached hydrogens (tertiary/aromatic N) is 2. The van der Waals surface area contributed by atoms with E-state index in [0.717, 1.165) is 23.5 Å². The molecule has 1 aromatic carbocycles. The Morgan fingerprint density at radius 1 is 1.43 bits per heavy atom. The summed E-state index contributed by atoms with van der Waals surface area (Å²) < 4.78 is 2.09. The lowest BCUT2D eigenvalue weighted by molar-refractivity contribution is 0.580. The van der Waals surface area contributed by atoms with Crippen LogP contribution in [0.3, 0.4) is 0 Å². The molecule has 0 saturated heterocycles. The van der Waals surface area contributed by atoms with E-state index in [-0.39, 0.29) is 0 Å². The van der Waals surface area contributed by atoms with Crippen LogP contribution in [0.1, 0.15) is 12.8 Å². The van der Waals surface area contributed by atoms with Crippen LogP contribution in [0.15, 0.2) is 24.4 Å². The molecule has 72 valence electrons. The van der Waals surface area contributed by atoms with Crippen LogP contribution in [-0.2, 0) is 6.54 Å². The second-order valence-electron chi connectivity index (χ2n) is 4.09. The molecule has 0 amide bonds. The molecule has 2 N–H and O–H groups in total. The van der Waals surface area contributed by atoms with Gasteiger partial charge in [-0.1, -0.05) is 0 Å². The first-order valence-electron chi connectivity index (χ1n) is 5.04. The Bertz CT molecular complexity index is 468. The molecule has 0 unspecified atom stereocenters. The largest absolute Gasteiger partial charge is 0.399 e. The summed E-state index contributed by atoms with van der Waals surface area (Å²) in [5, 5.41) is 5.52. The molecule has 0 radical (unpaired) electrons. The summed E-state index contributed by atoms with van der Waals surface area (Å²) in [6.07, 6.45) is 4.61. The molecule has 14 heavy (non-hydrogen) atoms. The zero-order chi connectivity index (χ0) is 9.54. The highest BCUT2D eigenvalue weighted by Crippen LogP contribution is 2.31. The topological polar surface area (TPSA) is 43.8 Å². The number of fused-ring (bicyclic) bond motifs is 1. The molecule has 3 heteroatoms. The van der Waals surface area contributed by atoms with Gasteiger partial charge in [-0.15, -0.1) is 0 Å². The quantitative estimate of drug-likeness (QED) is 0.731. The Balaban J connectivity index is 2.06. The summed E-state index contributed by atoms with van der Waals surface area (Å²) >= 11 is 0. The first kappa shape index (κ1) is 7.85. The fourth-order valence-corrected chi connectivity index (χ4v) is 1.80. The Kier molecular flexibility index (Phi) is 1.54. The predicted molar refractivity (Wildman–Crippen MR) is 56.9 cm³/mol. The van der Waals surface area contributed by atoms with Crippen LogP contribution in [0.2, 0.25) is 0 Å². The zero-order valence-electron chi connectivity index (χ0n) is 7.98. The lowest BCUT2D eigenvalue weighted by Gasteiger charge is -2.01. The molecular weight excluding hydrogens is 174 g/mol. The lowest BCUT2D eigenvalue weighted by atomic mass is 10.2. The molecule has 2 aromatic rings. The third kappa shape index (κ3) is 1.25. The zero-order valence-corrected chi connectivity index (χ0v) is 7.98. The van der Waals surface area contributed by atoms with Crippen molar-refractivity contribution in [2.45, 2.75) is 19.4 Å². The van der Waals surface area contributed by atoms with Crippen molar-refractivity contribution in [2.24, 2.45) is 5.92 Å². The maximum atomic E-state index is 5.71. The molecule has 0 bridgehead atoms. The summed E-state index contributed by atoms with van der Waals surface area (Å²) in [6, 6.07) is 5.97. The Hall–Kier alpha value is -1.51. The number of nitrogen functional groups attached to an aromatic ring is 1. The molecule has 1 heterocycles. The minimum Gasteiger partial charge on any atom is -0.399 e. The van der Waals surface area contributed by atoms with E-state index in [1.165, 1.54) is 18.4 Å². The van der Waals surface area contributed by atoms with Gasteiger partial charge in [0, 0.05) is 17.6 Å². The number of aromatic nitrogens is 2. The van der Waals surface area contributed by atoms with Gasteiger partial charge in [0.05, 0.1) is 11.7 Å². The van der Waals surface area contributed by atoms with Gasteiger partial charge in [-0.2, -0.15) is 5.10 Å². The Morgan fingerprint density at radius 3 is 3.07 bits per heavy atom. The molecule has 0 atom stereocenters. The summed E-state index contributed by atoms with van der Waals surface area (Å²) in [7, 11) is 0. The van der Waals surface area contributed by atoms with E-state index >= 15 is 0 Å². The molecule has 1 saturated carbocycles. The second kappa shape index (κ2) is 2.74. The SMILES string of the molecule is Nc1ccc2c(cnn2CC2CC2)c1. The van der Waals surface area contributed by atoms with E-state index in [9.17, 15) is 0 Å². The van der Waals surface area contributed by atoms with Gasteiger partial charge >= 0.3 is 0 Å². The molecule has 1 fully saturated rings. The number of nitrogens with two attached hydrogens (primary N) is 1. The maximum absolute atomic E-state index is 5.71. The second-order valence-corrected chi connectivity index (χ2v) is 4.09. The number of hydrogen-bond acceptors (Lipinski definition) is 2. The average molecular weight is 187 g/mol. The van der Waals surface area contributed by atoms with Crippen LogP contribution >= 0.6 is 0 Å².